The van der Waals surface area contributed by atoms with E-state index in [0.717, 1.165) is 0 Å². The summed E-state index contributed by atoms with van der Waals surface area (Å²) in [5.74, 6) is -0.976. The highest BCUT2D eigenvalue weighted by molar-refractivity contribution is 5.87. The van der Waals surface area contributed by atoms with Crippen molar-refractivity contribution in [2.75, 3.05) is 13.2 Å². The molecule has 0 aliphatic carbocycles. The molecule has 0 saturated carbocycles. The first kappa shape index (κ1) is 13.9. The number of carbonyl (C=O) groups excluding carboxylic acids is 2. The van der Waals surface area contributed by atoms with Crippen LogP contribution in [0.25, 0.3) is 0 Å². The lowest BCUT2D eigenvalue weighted by molar-refractivity contribution is -0.127. The van der Waals surface area contributed by atoms with Gasteiger partial charge < -0.3 is 21.5 Å². The molecule has 0 heterocycles. The average molecular weight is 217 g/mol. The Balaban J connectivity index is 3.85. The van der Waals surface area contributed by atoms with Gasteiger partial charge in [0, 0.05) is 12.6 Å². The summed E-state index contributed by atoms with van der Waals surface area (Å²) < 4.78 is 5.11. The molecule has 0 aliphatic heterocycles. The Labute approximate surface area is 89.3 Å². The Morgan fingerprint density at radius 3 is 2.53 bits per heavy atom. The molecule has 0 aromatic rings. The van der Waals surface area contributed by atoms with E-state index in [0.29, 0.717) is 13.2 Å². The Morgan fingerprint density at radius 2 is 2.07 bits per heavy atom. The van der Waals surface area contributed by atoms with E-state index >= 15 is 0 Å². The van der Waals surface area contributed by atoms with Gasteiger partial charge in [-0.25, -0.2) is 0 Å². The van der Waals surface area contributed by atoms with E-state index < -0.39 is 11.9 Å². The zero-order valence-electron chi connectivity index (χ0n) is 9.16. The number of nitrogens with two attached hydrogens (primary N) is 2. The van der Waals surface area contributed by atoms with Crippen LogP contribution in [-0.4, -0.2) is 37.1 Å². The molecular formula is C9H19N3O3. The predicted molar refractivity (Wildman–Crippen MR) is 55.9 cm³/mol. The molecular weight excluding hydrogens is 198 g/mol. The van der Waals surface area contributed by atoms with Crippen molar-refractivity contribution < 1.29 is 14.3 Å². The number of primary amides is 1. The fraction of sp³-hybridized carbons (Fsp3) is 0.778. The third kappa shape index (κ3) is 6.87. The van der Waals surface area contributed by atoms with Crippen molar-refractivity contribution in [1.82, 2.24) is 5.32 Å². The largest absolute Gasteiger partial charge is 0.380 e. The Kier molecular flexibility index (Phi) is 6.64. The maximum absolute atomic E-state index is 11.4. The number of amides is 2. The molecule has 88 valence electrons. The van der Waals surface area contributed by atoms with Gasteiger partial charge in [-0.1, -0.05) is 0 Å². The van der Waals surface area contributed by atoms with Crippen LogP contribution in [0.3, 0.4) is 0 Å². The first-order chi connectivity index (χ1) is 6.97. The van der Waals surface area contributed by atoms with Crippen LogP contribution in [0.4, 0.5) is 0 Å². The van der Waals surface area contributed by atoms with Crippen molar-refractivity contribution in [2.45, 2.75) is 32.4 Å². The smallest absolute Gasteiger partial charge is 0.237 e. The molecule has 0 rings (SSSR count). The normalized spacial score (nSPS) is 14.3. The van der Waals surface area contributed by atoms with Gasteiger partial charge in [-0.05, 0) is 13.8 Å². The van der Waals surface area contributed by atoms with Crippen LogP contribution in [0.2, 0.25) is 0 Å². The van der Waals surface area contributed by atoms with E-state index in [9.17, 15) is 9.59 Å². The van der Waals surface area contributed by atoms with Crippen molar-refractivity contribution in [3.05, 3.63) is 0 Å². The van der Waals surface area contributed by atoms with E-state index in [1.165, 1.54) is 0 Å². The molecule has 0 spiro atoms. The molecule has 0 aromatic heterocycles. The lowest BCUT2D eigenvalue weighted by Crippen LogP contribution is -2.47. The standard InChI is InChI=1S/C9H19N3O3/c1-3-15-5-6(2)12-9(14)7(10)4-8(11)13/h6-7H,3-5,10H2,1-2H3,(H2,11,13)(H,12,14). The molecule has 2 unspecified atom stereocenters. The molecule has 5 N–H and O–H groups in total. The van der Waals surface area contributed by atoms with Crippen LogP contribution in [-0.2, 0) is 14.3 Å². The first-order valence-electron chi connectivity index (χ1n) is 4.89. The quantitative estimate of drug-likeness (QED) is 0.494. The molecule has 2 atom stereocenters. The lowest BCUT2D eigenvalue weighted by atomic mass is 10.2. The second kappa shape index (κ2) is 7.19. The minimum absolute atomic E-state index is 0.128. The molecule has 6 heteroatoms. The number of nitrogens with one attached hydrogen (secondary N) is 1. The molecule has 0 fully saturated rings. The van der Waals surface area contributed by atoms with E-state index in [4.69, 9.17) is 16.2 Å². The molecule has 0 aromatic carbocycles. The van der Waals surface area contributed by atoms with Crippen LogP contribution < -0.4 is 16.8 Å². The predicted octanol–water partition coefficient (Wildman–Crippen LogP) is -1.27. The van der Waals surface area contributed by atoms with E-state index in [-0.39, 0.29) is 18.4 Å². The van der Waals surface area contributed by atoms with Crippen molar-refractivity contribution in [1.29, 1.82) is 0 Å². The highest BCUT2D eigenvalue weighted by Crippen LogP contribution is 1.90. The number of rotatable bonds is 7. The van der Waals surface area contributed by atoms with Gasteiger partial charge >= 0.3 is 0 Å². The van der Waals surface area contributed by atoms with Gasteiger partial charge in [0.25, 0.3) is 0 Å². The highest BCUT2D eigenvalue weighted by atomic mass is 16.5. The molecule has 0 saturated heterocycles. The van der Waals surface area contributed by atoms with Gasteiger partial charge in [0.05, 0.1) is 19.1 Å². The minimum atomic E-state index is -0.883. The Hall–Kier alpha value is -1.14. The molecule has 15 heavy (non-hydrogen) atoms. The fourth-order valence-electron chi connectivity index (χ4n) is 0.996. The van der Waals surface area contributed by atoms with Crippen molar-refractivity contribution in [3.63, 3.8) is 0 Å². The summed E-state index contributed by atoms with van der Waals surface area (Å²) in [6.07, 6.45) is -0.146. The lowest BCUT2D eigenvalue weighted by Gasteiger charge is -2.16. The summed E-state index contributed by atoms with van der Waals surface area (Å²) in [4.78, 5) is 21.9. The number of hydrogen-bond donors (Lipinski definition) is 3. The number of hydrogen-bond acceptors (Lipinski definition) is 4. The summed E-state index contributed by atoms with van der Waals surface area (Å²) in [7, 11) is 0. The third-order valence-corrected chi connectivity index (χ3v) is 1.72. The van der Waals surface area contributed by atoms with Crippen LogP contribution in [0, 0.1) is 0 Å². The number of ether oxygens (including phenoxy) is 1. The van der Waals surface area contributed by atoms with Crippen LogP contribution in [0.5, 0.6) is 0 Å². The molecule has 0 bridgehead atoms. The van der Waals surface area contributed by atoms with Gasteiger partial charge in [0.15, 0.2) is 0 Å². The zero-order valence-corrected chi connectivity index (χ0v) is 9.16. The summed E-state index contributed by atoms with van der Waals surface area (Å²) in [6.45, 7) is 4.68. The zero-order chi connectivity index (χ0) is 11.8. The molecule has 0 aliphatic rings. The van der Waals surface area contributed by atoms with Gasteiger partial charge in [0.2, 0.25) is 11.8 Å². The molecule has 2 amide bonds. The monoisotopic (exact) mass is 217 g/mol. The third-order valence-electron chi connectivity index (χ3n) is 1.72. The van der Waals surface area contributed by atoms with E-state index in [1.807, 2.05) is 6.92 Å². The second-order valence-electron chi connectivity index (χ2n) is 3.35. The average Bonchev–Trinajstić information content (AvgIpc) is 2.13. The van der Waals surface area contributed by atoms with Crippen LogP contribution >= 0.6 is 0 Å². The van der Waals surface area contributed by atoms with Crippen molar-refractivity contribution >= 4 is 11.8 Å². The van der Waals surface area contributed by atoms with E-state index in [1.54, 1.807) is 6.92 Å². The Bertz CT molecular complexity index is 221. The van der Waals surface area contributed by atoms with Gasteiger partial charge in [0.1, 0.15) is 0 Å². The SMILES string of the molecule is CCOCC(C)NC(=O)C(N)CC(N)=O. The second-order valence-corrected chi connectivity index (χ2v) is 3.35. The van der Waals surface area contributed by atoms with Crippen LogP contribution in [0.15, 0.2) is 0 Å². The van der Waals surface area contributed by atoms with Gasteiger partial charge in [-0.3, -0.25) is 9.59 Å². The van der Waals surface area contributed by atoms with Gasteiger partial charge in [-0.2, -0.15) is 0 Å². The minimum Gasteiger partial charge on any atom is -0.380 e. The number of carbonyl (C=O) groups is 2. The summed E-state index contributed by atoms with van der Waals surface area (Å²) in [5, 5.41) is 2.62. The highest BCUT2D eigenvalue weighted by Gasteiger charge is 2.17. The maximum atomic E-state index is 11.4. The Morgan fingerprint density at radius 1 is 1.47 bits per heavy atom. The van der Waals surface area contributed by atoms with Crippen molar-refractivity contribution in [3.8, 4) is 0 Å². The summed E-state index contributed by atoms with van der Waals surface area (Å²) >= 11 is 0. The van der Waals surface area contributed by atoms with Gasteiger partial charge in [-0.15, -0.1) is 0 Å². The summed E-state index contributed by atoms with van der Waals surface area (Å²) in [5.41, 5.74) is 10.4. The topological polar surface area (TPSA) is 107 Å². The van der Waals surface area contributed by atoms with E-state index in [2.05, 4.69) is 5.32 Å². The van der Waals surface area contributed by atoms with Crippen LogP contribution in [0.1, 0.15) is 20.3 Å². The first-order valence-corrected chi connectivity index (χ1v) is 4.89. The summed E-state index contributed by atoms with van der Waals surface area (Å²) in [6, 6.07) is -1.01. The molecule has 6 nitrogen and oxygen atoms in total. The van der Waals surface area contributed by atoms with Crippen molar-refractivity contribution in [2.24, 2.45) is 11.5 Å². The fourth-order valence-corrected chi connectivity index (χ4v) is 0.996. The maximum Gasteiger partial charge on any atom is 0.237 e. The molecule has 0 radical (unpaired) electrons.